The van der Waals surface area contributed by atoms with E-state index in [4.69, 9.17) is 4.74 Å². The highest BCUT2D eigenvalue weighted by Gasteiger charge is 2.26. The number of nitrogens with zero attached hydrogens (tertiary/aromatic N) is 1. The highest BCUT2D eigenvalue weighted by Crippen LogP contribution is 2.20. The maximum absolute atomic E-state index is 13.1. The van der Waals surface area contributed by atoms with Gasteiger partial charge in [-0.25, -0.2) is 4.39 Å². The van der Waals surface area contributed by atoms with Crippen LogP contribution in [0.5, 0.6) is 0 Å². The summed E-state index contributed by atoms with van der Waals surface area (Å²) in [6, 6.07) is 6.63. The number of hydrogen-bond donors (Lipinski definition) is 0. The minimum Gasteiger partial charge on any atom is -0.466 e. The van der Waals surface area contributed by atoms with Crippen LogP contribution in [0.25, 0.3) is 0 Å². The largest absolute Gasteiger partial charge is 0.466 e. The third kappa shape index (κ3) is 4.03. The lowest BCUT2D eigenvalue weighted by atomic mass is 9.98. The molecule has 4 heteroatoms. The van der Waals surface area contributed by atoms with Gasteiger partial charge in [-0.2, -0.15) is 0 Å². The van der Waals surface area contributed by atoms with Gasteiger partial charge in [-0.1, -0.05) is 12.1 Å². The van der Waals surface area contributed by atoms with E-state index in [9.17, 15) is 9.18 Å². The summed E-state index contributed by atoms with van der Waals surface area (Å²) in [5.74, 6) is -0.356. The summed E-state index contributed by atoms with van der Waals surface area (Å²) in [6.45, 7) is 4.60. The monoisotopic (exact) mass is 265 g/mol. The molecule has 1 aromatic rings. The fraction of sp³-hybridized carbons (Fsp3) is 0.533. The Morgan fingerprint density at radius 3 is 3.11 bits per heavy atom. The van der Waals surface area contributed by atoms with Gasteiger partial charge in [0.15, 0.2) is 0 Å². The molecule has 1 aliphatic heterocycles. The lowest BCUT2D eigenvalue weighted by Gasteiger charge is -2.31. The molecular weight excluding hydrogens is 245 g/mol. The van der Waals surface area contributed by atoms with Crippen LogP contribution in [0.1, 0.15) is 25.3 Å². The average molecular weight is 265 g/mol. The Bertz CT molecular complexity index is 436. The van der Waals surface area contributed by atoms with Crippen molar-refractivity contribution >= 4 is 5.97 Å². The predicted molar refractivity (Wildman–Crippen MR) is 71.0 cm³/mol. The molecule has 0 aromatic heterocycles. The number of carbonyl (C=O) groups excluding carboxylic acids is 1. The second kappa shape index (κ2) is 6.66. The van der Waals surface area contributed by atoms with E-state index in [0.717, 1.165) is 24.9 Å². The molecule has 3 nitrogen and oxygen atoms in total. The van der Waals surface area contributed by atoms with E-state index in [-0.39, 0.29) is 17.7 Å². The van der Waals surface area contributed by atoms with Gasteiger partial charge in [0, 0.05) is 13.1 Å². The summed E-state index contributed by atoms with van der Waals surface area (Å²) in [7, 11) is 0. The van der Waals surface area contributed by atoms with E-state index < -0.39 is 0 Å². The van der Waals surface area contributed by atoms with Crippen LogP contribution in [-0.2, 0) is 16.1 Å². The molecule has 1 aromatic carbocycles. The van der Waals surface area contributed by atoms with Gasteiger partial charge in [0.1, 0.15) is 5.82 Å². The topological polar surface area (TPSA) is 29.5 Å². The van der Waals surface area contributed by atoms with Gasteiger partial charge in [-0.15, -0.1) is 0 Å². The molecule has 104 valence electrons. The van der Waals surface area contributed by atoms with Crippen LogP contribution in [0.2, 0.25) is 0 Å². The highest BCUT2D eigenvalue weighted by atomic mass is 19.1. The molecule has 1 aliphatic rings. The minimum absolute atomic E-state index is 0.0396. The van der Waals surface area contributed by atoms with Crippen molar-refractivity contribution in [3.8, 4) is 0 Å². The fourth-order valence-corrected chi connectivity index (χ4v) is 2.55. The van der Waals surface area contributed by atoms with Crippen LogP contribution >= 0.6 is 0 Å². The second-order valence-electron chi connectivity index (χ2n) is 4.96. The number of esters is 1. The van der Waals surface area contributed by atoms with Crippen LogP contribution in [0.3, 0.4) is 0 Å². The number of hydrogen-bond acceptors (Lipinski definition) is 3. The van der Waals surface area contributed by atoms with E-state index in [2.05, 4.69) is 4.90 Å². The third-order valence-corrected chi connectivity index (χ3v) is 3.42. The molecule has 0 spiro atoms. The van der Waals surface area contributed by atoms with Crippen molar-refractivity contribution in [3.05, 3.63) is 35.6 Å². The zero-order valence-corrected chi connectivity index (χ0v) is 11.3. The maximum atomic E-state index is 13.1. The zero-order valence-electron chi connectivity index (χ0n) is 11.3. The maximum Gasteiger partial charge on any atom is 0.310 e. The van der Waals surface area contributed by atoms with Gasteiger partial charge >= 0.3 is 5.97 Å². The molecule has 1 fully saturated rings. The lowest BCUT2D eigenvalue weighted by molar-refractivity contribution is -0.150. The number of piperidine rings is 1. The molecule has 2 rings (SSSR count). The van der Waals surface area contributed by atoms with Crippen LogP contribution in [0.4, 0.5) is 4.39 Å². The SMILES string of the molecule is CCOC(=O)[C@H]1CCCN(Cc2cccc(F)c2)C1. The molecule has 0 radical (unpaired) electrons. The van der Waals surface area contributed by atoms with Crippen molar-refractivity contribution in [3.63, 3.8) is 0 Å². The van der Waals surface area contributed by atoms with Gasteiger partial charge < -0.3 is 4.74 Å². The molecule has 0 unspecified atom stereocenters. The number of ether oxygens (including phenoxy) is 1. The van der Waals surface area contributed by atoms with Gasteiger partial charge in [0.25, 0.3) is 0 Å². The van der Waals surface area contributed by atoms with E-state index in [1.54, 1.807) is 12.1 Å². The van der Waals surface area contributed by atoms with Gasteiger partial charge in [0.2, 0.25) is 0 Å². The summed E-state index contributed by atoms with van der Waals surface area (Å²) >= 11 is 0. The van der Waals surface area contributed by atoms with Gasteiger partial charge in [-0.05, 0) is 44.0 Å². The van der Waals surface area contributed by atoms with Gasteiger partial charge in [-0.3, -0.25) is 9.69 Å². The minimum atomic E-state index is -0.212. The number of carbonyl (C=O) groups is 1. The first-order chi connectivity index (χ1) is 9.19. The fourth-order valence-electron chi connectivity index (χ4n) is 2.55. The first-order valence-corrected chi connectivity index (χ1v) is 6.82. The summed E-state index contributed by atoms with van der Waals surface area (Å²) < 4.78 is 18.2. The first-order valence-electron chi connectivity index (χ1n) is 6.82. The number of likely N-dealkylation sites (tertiary alicyclic amines) is 1. The lowest BCUT2D eigenvalue weighted by Crippen LogP contribution is -2.38. The molecular formula is C15H20FNO2. The summed E-state index contributed by atoms with van der Waals surface area (Å²) in [5, 5.41) is 0. The normalized spacial score (nSPS) is 20.2. The van der Waals surface area contributed by atoms with Gasteiger partial charge in [0.05, 0.1) is 12.5 Å². The number of benzene rings is 1. The highest BCUT2D eigenvalue weighted by molar-refractivity contribution is 5.72. The average Bonchev–Trinajstić information content (AvgIpc) is 2.39. The van der Waals surface area contributed by atoms with E-state index in [0.29, 0.717) is 19.7 Å². The van der Waals surface area contributed by atoms with Crippen LogP contribution in [0.15, 0.2) is 24.3 Å². The van der Waals surface area contributed by atoms with Crippen LogP contribution < -0.4 is 0 Å². The number of rotatable bonds is 4. The molecule has 1 heterocycles. The molecule has 19 heavy (non-hydrogen) atoms. The number of halogens is 1. The Labute approximate surface area is 113 Å². The van der Waals surface area contributed by atoms with E-state index >= 15 is 0 Å². The Hall–Kier alpha value is -1.42. The van der Waals surface area contributed by atoms with Crippen LogP contribution in [0, 0.1) is 11.7 Å². The Morgan fingerprint density at radius 2 is 2.37 bits per heavy atom. The predicted octanol–water partition coefficient (Wildman–Crippen LogP) is 2.60. The Morgan fingerprint density at radius 1 is 1.53 bits per heavy atom. The molecule has 0 amide bonds. The smallest absolute Gasteiger partial charge is 0.310 e. The van der Waals surface area contributed by atoms with Crippen molar-refractivity contribution in [2.45, 2.75) is 26.3 Å². The Kier molecular flexibility index (Phi) is 4.91. The molecule has 1 saturated heterocycles. The van der Waals surface area contributed by atoms with E-state index in [1.807, 2.05) is 13.0 Å². The van der Waals surface area contributed by atoms with E-state index in [1.165, 1.54) is 6.07 Å². The van der Waals surface area contributed by atoms with Crippen molar-refractivity contribution in [1.29, 1.82) is 0 Å². The molecule has 0 N–H and O–H groups in total. The van der Waals surface area contributed by atoms with Crippen molar-refractivity contribution in [1.82, 2.24) is 4.90 Å². The summed E-state index contributed by atoms with van der Waals surface area (Å²) in [4.78, 5) is 13.9. The second-order valence-corrected chi connectivity index (χ2v) is 4.96. The zero-order chi connectivity index (χ0) is 13.7. The van der Waals surface area contributed by atoms with Crippen molar-refractivity contribution < 1.29 is 13.9 Å². The molecule has 0 saturated carbocycles. The van der Waals surface area contributed by atoms with Crippen molar-refractivity contribution in [2.24, 2.45) is 5.92 Å². The molecule has 0 bridgehead atoms. The quantitative estimate of drug-likeness (QED) is 0.784. The Balaban J connectivity index is 1.92. The van der Waals surface area contributed by atoms with Crippen molar-refractivity contribution in [2.75, 3.05) is 19.7 Å². The first kappa shape index (κ1) is 14.0. The third-order valence-electron chi connectivity index (χ3n) is 3.42. The standard InChI is InChI=1S/C15H20FNO2/c1-2-19-15(18)13-6-4-8-17(11-13)10-12-5-3-7-14(16)9-12/h3,5,7,9,13H,2,4,6,8,10-11H2,1H3/t13-/m0/s1. The van der Waals surface area contributed by atoms with Crippen LogP contribution in [-0.4, -0.2) is 30.6 Å². The molecule has 0 aliphatic carbocycles. The molecule has 1 atom stereocenters. The summed E-state index contributed by atoms with van der Waals surface area (Å²) in [6.07, 6.45) is 1.87. The summed E-state index contributed by atoms with van der Waals surface area (Å²) in [5.41, 5.74) is 0.949.